The quantitative estimate of drug-likeness (QED) is 0.822. The minimum atomic E-state index is -0.789. The predicted molar refractivity (Wildman–Crippen MR) is 102 cm³/mol. The Labute approximate surface area is 149 Å². The number of hydrogen-bond donors (Lipinski definition) is 1. The minimum absolute atomic E-state index is 0.304. The van der Waals surface area contributed by atoms with Crippen molar-refractivity contribution in [1.29, 1.82) is 0 Å². The van der Waals surface area contributed by atoms with Crippen molar-refractivity contribution in [3.63, 3.8) is 0 Å². The Morgan fingerprint density at radius 3 is 2.75 bits per heavy atom. The first-order valence-corrected chi connectivity index (χ1v) is 10.9. The molecule has 1 saturated carbocycles. The van der Waals surface area contributed by atoms with Gasteiger partial charge in [0, 0.05) is 46.7 Å². The second-order valence-corrected chi connectivity index (χ2v) is 8.96. The van der Waals surface area contributed by atoms with Crippen LogP contribution < -0.4 is 5.32 Å². The third-order valence-corrected chi connectivity index (χ3v) is 7.39. The monoisotopic (exact) mass is 349 g/mol. The molecule has 0 aromatic heterocycles. The van der Waals surface area contributed by atoms with Gasteiger partial charge >= 0.3 is 0 Å². The standard InChI is InChI=1S/C20H31NO2S/c1-2-17-7-3-4-9-20(17)21-18-8-5-6-16(14-18)15-24(22)19-10-12-23-13-11-19/h5-6,8,14,17,19-21H,2-4,7,9-13,15H2,1H3. The fourth-order valence-corrected chi connectivity index (χ4v) is 5.53. The summed E-state index contributed by atoms with van der Waals surface area (Å²) in [5, 5.41) is 4.06. The number of rotatable bonds is 6. The maximum atomic E-state index is 12.6. The van der Waals surface area contributed by atoms with Gasteiger partial charge < -0.3 is 10.1 Å². The lowest BCUT2D eigenvalue weighted by atomic mass is 9.83. The van der Waals surface area contributed by atoms with Crippen LogP contribution in [0.4, 0.5) is 5.69 Å². The Morgan fingerprint density at radius 2 is 1.96 bits per heavy atom. The third kappa shape index (κ3) is 4.82. The Bertz CT molecular complexity index is 542. The maximum absolute atomic E-state index is 12.6. The fraction of sp³-hybridized carbons (Fsp3) is 0.700. The highest BCUT2D eigenvalue weighted by Crippen LogP contribution is 2.29. The van der Waals surface area contributed by atoms with Crippen LogP contribution in [0.15, 0.2) is 24.3 Å². The SMILES string of the molecule is CCC1CCCCC1Nc1cccc(CS(=O)C2CCOCC2)c1. The van der Waals surface area contributed by atoms with Gasteiger partial charge in [-0.15, -0.1) is 0 Å². The number of hydrogen-bond acceptors (Lipinski definition) is 3. The van der Waals surface area contributed by atoms with Crippen molar-refractivity contribution in [2.24, 2.45) is 5.92 Å². The summed E-state index contributed by atoms with van der Waals surface area (Å²) in [4.78, 5) is 0. The minimum Gasteiger partial charge on any atom is -0.382 e. The van der Waals surface area contributed by atoms with Gasteiger partial charge in [-0.2, -0.15) is 0 Å². The van der Waals surface area contributed by atoms with Crippen LogP contribution in [0, 0.1) is 5.92 Å². The molecule has 1 aromatic carbocycles. The van der Waals surface area contributed by atoms with Crippen molar-refractivity contribution in [2.45, 2.75) is 68.9 Å². The van der Waals surface area contributed by atoms with Gasteiger partial charge in [-0.05, 0) is 49.3 Å². The number of benzene rings is 1. The van der Waals surface area contributed by atoms with Crippen molar-refractivity contribution >= 4 is 16.5 Å². The average Bonchev–Trinajstić information content (AvgIpc) is 2.63. The summed E-state index contributed by atoms with van der Waals surface area (Å²) in [5.41, 5.74) is 2.38. The highest BCUT2D eigenvalue weighted by Gasteiger charge is 2.24. The lowest BCUT2D eigenvalue weighted by Crippen LogP contribution is -2.31. The summed E-state index contributed by atoms with van der Waals surface area (Å²) in [5.74, 6) is 1.46. The summed E-state index contributed by atoms with van der Waals surface area (Å²) < 4.78 is 18.0. The highest BCUT2D eigenvalue weighted by molar-refractivity contribution is 7.84. The van der Waals surface area contributed by atoms with Crippen molar-refractivity contribution in [3.05, 3.63) is 29.8 Å². The lowest BCUT2D eigenvalue weighted by molar-refractivity contribution is 0.0992. The van der Waals surface area contributed by atoms with Gasteiger partial charge in [-0.25, -0.2) is 0 Å². The Kier molecular flexibility index (Phi) is 6.73. The molecule has 2 fully saturated rings. The molecule has 24 heavy (non-hydrogen) atoms. The van der Waals surface area contributed by atoms with E-state index in [1.807, 2.05) is 0 Å². The van der Waals surface area contributed by atoms with Gasteiger partial charge in [-0.3, -0.25) is 4.21 Å². The van der Waals surface area contributed by atoms with Gasteiger partial charge in [0.2, 0.25) is 0 Å². The van der Waals surface area contributed by atoms with Crippen LogP contribution in [-0.4, -0.2) is 28.7 Å². The van der Waals surface area contributed by atoms with Crippen molar-refractivity contribution < 1.29 is 8.95 Å². The number of nitrogens with one attached hydrogen (secondary N) is 1. The summed E-state index contributed by atoms with van der Waals surface area (Å²) in [7, 11) is -0.789. The maximum Gasteiger partial charge on any atom is 0.0489 e. The predicted octanol–water partition coefficient (Wildman–Crippen LogP) is 4.50. The van der Waals surface area contributed by atoms with Gasteiger partial charge in [0.25, 0.3) is 0 Å². The van der Waals surface area contributed by atoms with E-state index in [2.05, 4.69) is 36.5 Å². The molecule has 3 nitrogen and oxygen atoms in total. The molecule has 2 aliphatic rings. The molecule has 3 rings (SSSR count). The Morgan fingerprint density at radius 1 is 1.17 bits per heavy atom. The van der Waals surface area contributed by atoms with Crippen molar-refractivity contribution in [3.8, 4) is 0 Å². The van der Waals surface area contributed by atoms with E-state index in [0.29, 0.717) is 17.0 Å². The van der Waals surface area contributed by atoms with Crippen LogP contribution in [0.3, 0.4) is 0 Å². The highest BCUT2D eigenvalue weighted by atomic mass is 32.2. The molecule has 4 heteroatoms. The van der Waals surface area contributed by atoms with E-state index in [-0.39, 0.29) is 0 Å². The van der Waals surface area contributed by atoms with Gasteiger partial charge in [0.15, 0.2) is 0 Å². The molecular weight excluding hydrogens is 318 g/mol. The van der Waals surface area contributed by atoms with Crippen molar-refractivity contribution in [1.82, 2.24) is 0 Å². The molecule has 1 heterocycles. The molecule has 0 amide bonds. The summed E-state index contributed by atoms with van der Waals surface area (Å²) in [6, 6.07) is 9.17. The second-order valence-electron chi connectivity index (χ2n) is 7.24. The topological polar surface area (TPSA) is 38.3 Å². The molecule has 3 unspecified atom stereocenters. The molecular formula is C20H31NO2S. The van der Waals surface area contributed by atoms with E-state index >= 15 is 0 Å². The second kappa shape index (κ2) is 9.00. The zero-order valence-electron chi connectivity index (χ0n) is 14.8. The third-order valence-electron chi connectivity index (χ3n) is 5.56. The van der Waals surface area contributed by atoms with Gasteiger partial charge in [-0.1, -0.05) is 38.3 Å². The molecule has 3 atom stereocenters. The molecule has 1 aliphatic heterocycles. The molecule has 1 N–H and O–H groups in total. The van der Waals surface area contributed by atoms with Crippen LogP contribution in [0.5, 0.6) is 0 Å². The zero-order chi connectivity index (χ0) is 16.8. The van der Waals surface area contributed by atoms with Crippen LogP contribution in [0.25, 0.3) is 0 Å². The van der Waals surface area contributed by atoms with Gasteiger partial charge in [0.05, 0.1) is 0 Å². The van der Waals surface area contributed by atoms with Crippen LogP contribution in [-0.2, 0) is 21.3 Å². The molecule has 1 saturated heterocycles. The van der Waals surface area contributed by atoms with Crippen LogP contribution in [0.2, 0.25) is 0 Å². The summed E-state index contributed by atoms with van der Waals surface area (Å²) in [6.45, 7) is 3.83. The normalized spacial score (nSPS) is 26.9. The van der Waals surface area contributed by atoms with E-state index in [1.165, 1.54) is 43.4 Å². The molecule has 0 radical (unpaired) electrons. The molecule has 1 aliphatic carbocycles. The summed E-state index contributed by atoms with van der Waals surface area (Å²) in [6.07, 6.45) is 8.46. The van der Waals surface area contributed by atoms with Crippen LogP contribution in [0.1, 0.15) is 57.4 Å². The molecule has 0 bridgehead atoms. The first-order chi connectivity index (χ1) is 11.8. The zero-order valence-corrected chi connectivity index (χ0v) is 15.7. The largest absolute Gasteiger partial charge is 0.382 e. The number of ether oxygens (including phenoxy) is 1. The van der Waals surface area contributed by atoms with E-state index < -0.39 is 10.8 Å². The van der Waals surface area contributed by atoms with Gasteiger partial charge in [0.1, 0.15) is 0 Å². The van der Waals surface area contributed by atoms with Crippen molar-refractivity contribution in [2.75, 3.05) is 18.5 Å². The smallest absolute Gasteiger partial charge is 0.0489 e. The van der Waals surface area contributed by atoms with E-state index in [4.69, 9.17) is 4.74 Å². The van der Waals surface area contributed by atoms with Crippen LogP contribution >= 0.6 is 0 Å². The first kappa shape index (κ1) is 17.9. The number of anilines is 1. The van der Waals surface area contributed by atoms with E-state index in [9.17, 15) is 4.21 Å². The lowest BCUT2D eigenvalue weighted by Gasteiger charge is -2.32. The first-order valence-electron chi connectivity index (χ1n) is 9.56. The van der Waals surface area contributed by atoms with E-state index in [0.717, 1.165) is 32.0 Å². The molecule has 134 valence electrons. The Hall–Kier alpha value is -0.870. The van der Waals surface area contributed by atoms with E-state index in [1.54, 1.807) is 0 Å². The summed E-state index contributed by atoms with van der Waals surface area (Å²) >= 11 is 0. The fourth-order valence-electron chi connectivity index (χ4n) is 4.07. The molecule has 1 aromatic rings. The average molecular weight is 350 g/mol. The molecule has 0 spiro atoms. The Balaban J connectivity index is 1.60.